The molecule has 0 aliphatic rings. The van der Waals surface area contributed by atoms with E-state index in [4.69, 9.17) is 0 Å². The minimum atomic E-state index is -0.466. The van der Waals surface area contributed by atoms with Gasteiger partial charge in [-0.3, -0.25) is 11.4 Å². The second-order valence-corrected chi connectivity index (χ2v) is 1.31. The molecule has 0 aliphatic heterocycles. The van der Waals surface area contributed by atoms with Crippen LogP contribution in [0.15, 0.2) is 6.58 Å². The zero-order chi connectivity index (χ0) is 6.41. The molecule has 2 nitrogen and oxygen atoms in total. The Hall–Kier alpha value is 1.02. The fourth-order valence-electron chi connectivity index (χ4n) is 0.246. The second-order valence-electron chi connectivity index (χ2n) is 1.31. The Morgan fingerprint density at radius 2 is 2.33 bits per heavy atom. The van der Waals surface area contributed by atoms with Crippen LogP contribution in [-0.2, 0) is 9.53 Å². The smallest absolute Gasteiger partial charge is 0.490 e. The van der Waals surface area contributed by atoms with Gasteiger partial charge in [-0.1, -0.05) is 6.92 Å². The molecule has 0 spiro atoms. The summed E-state index contributed by atoms with van der Waals surface area (Å²) in [5, 5.41) is 0. The molecule has 0 atom stereocenters. The average molecular weight is 199 g/mol. The molecule has 3 heteroatoms. The molecule has 0 aliphatic carbocycles. The van der Waals surface area contributed by atoms with Gasteiger partial charge in [-0.25, -0.2) is 0 Å². The van der Waals surface area contributed by atoms with Crippen LogP contribution in [0.5, 0.6) is 0 Å². The van der Waals surface area contributed by atoms with E-state index in [-0.39, 0.29) is 58.2 Å². The standard InChI is InChI=1S/C6H9O2.Rb/c1-3-5-8-6(7)4-2;/h2-3,5H2,1H3;/q-1;+1. The number of hydrogen-bond acceptors (Lipinski definition) is 2. The van der Waals surface area contributed by atoms with Gasteiger partial charge in [0.05, 0.1) is 6.61 Å². The summed E-state index contributed by atoms with van der Waals surface area (Å²) in [5.74, 6) is -0.466. The second kappa shape index (κ2) is 9.02. The van der Waals surface area contributed by atoms with Crippen LogP contribution >= 0.6 is 0 Å². The third kappa shape index (κ3) is 9.02. The molecule has 0 radical (unpaired) electrons. The van der Waals surface area contributed by atoms with Crippen molar-refractivity contribution in [3.05, 3.63) is 12.7 Å². The molecule has 0 aromatic rings. The molecule has 0 N–H and O–H groups in total. The minimum absolute atomic E-state index is 0. The number of carbonyl (C=O) groups excluding carboxylic acids is 1. The largest absolute Gasteiger partial charge is 1.00 e. The third-order valence-electron chi connectivity index (χ3n) is 0.582. The summed E-state index contributed by atoms with van der Waals surface area (Å²) in [4.78, 5) is 10.2. The van der Waals surface area contributed by atoms with Crippen molar-refractivity contribution >= 4 is 5.97 Å². The van der Waals surface area contributed by atoms with E-state index in [0.29, 0.717) is 6.61 Å². The summed E-state index contributed by atoms with van der Waals surface area (Å²) >= 11 is 0. The van der Waals surface area contributed by atoms with Crippen LogP contribution in [0.4, 0.5) is 0 Å². The van der Waals surface area contributed by atoms with Crippen LogP contribution in [0, 0.1) is 6.08 Å². The van der Waals surface area contributed by atoms with Gasteiger partial charge in [0.2, 0.25) is 0 Å². The monoisotopic (exact) mass is 198 g/mol. The topological polar surface area (TPSA) is 26.3 Å². The summed E-state index contributed by atoms with van der Waals surface area (Å²) in [5.41, 5.74) is 0. The van der Waals surface area contributed by atoms with Crippen LogP contribution < -0.4 is 58.2 Å². The van der Waals surface area contributed by atoms with Gasteiger partial charge in [0.15, 0.2) is 0 Å². The number of carbonyl (C=O) groups is 1. The molecule has 0 fully saturated rings. The molecule has 0 heterocycles. The van der Waals surface area contributed by atoms with Gasteiger partial charge < -0.3 is 10.8 Å². The minimum Gasteiger partial charge on any atom is -0.490 e. The van der Waals surface area contributed by atoms with Gasteiger partial charge in [-0.05, 0) is 6.42 Å². The predicted molar refractivity (Wildman–Crippen MR) is 30.1 cm³/mol. The van der Waals surface area contributed by atoms with Crippen molar-refractivity contribution in [2.24, 2.45) is 0 Å². The van der Waals surface area contributed by atoms with Gasteiger partial charge in [0.1, 0.15) is 5.97 Å². The SMILES string of the molecule is C=[C-]C(=O)OCCC.[Rb+]. The van der Waals surface area contributed by atoms with Gasteiger partial charge in [0.25, 0.3) is 0 Å². The molecular formula is C6H9O2Rb. The van der Waals surface area contributed by atoms with Crippen molar-refractivity contribution in [2.75, 3.05) is 6.61 Å². The van der Waals surface area contributed by atoms with Gasteiger partial charge >= 0.3 is 58.2 Å². The first-order valence-electron chi connectivity index (χ1n) is 2.51. The maximum atomic E-state index is 10.2. The fraction of sp³-hybridized carbons (Fsp3) is 0.500. The number of esters is 1. The van der Waals surface area contributed by atoms with E-state index in [1.54, 1.807) is 0 Å². The Balaban J connectivity index is 0. The molecule has 0 saturated carbocycles. The van der Waals surface area contributed by atoms with Crippen molar-refractivity contribution in [3.8, 4) is 0 Å². The van der Waals surface area contributed by atoms with E-state index < -0.39 is 5.97 Å². The first-order valence-corrected chi connectivity index (χ1v) is 2.51. The van der Waals surface area contributed by atoms with Crippen molar-refractivity contribution < 1.29 is 67.7 Å². The molecule has 0 bridgehead atoms. The zero-order valence-electron chi connectivity index (χ0n) is 5.94. The van der Waals surface area contributed by atoms with Crippen LogP contribution in [0.1, 0.15) is 13.3 Å². The summed E-state index contributed by atoms with van der Waals surface area (Å²) in [7, 11) is 0. The molecule has 0 amide bonds. The number of hydrogen-bond donors (Lipinski definition) is 0. The summed E-state index contributed by atoms with van der Waals surface area (Å²) in [6.45, 7) is 5.50. The first kappa shape index (κ1) is 12.7. The Morgan fingerprint density at radius 3 is 2.67 bits per heavy atom. The van der Waals surface area contributed by atoms with E-state index in [9.17, 15) is 4.79 Å². The quantitative estimate of drug-likeness (QED) is 0.296. The van der Waals surface area contributed by atoms with Crippen molar-refractivity contribution in [1.29, 1.82) is 0 Å². The van der Waals surface area contributed by atoms with Gasteiger partial charge in [-0.15, -0.1) is 0 Å². The predicted octanol–water partition coefficient (Wildman–Crippen LogP) is -2.07. The van der Waals surface area contributed by atoms with Crippen LogP contribution in [-0.4, -0.2) is 12.6 Å². The maximum Gasteiger partial charge on any atom is 1.00 e. The Morgan fingerprint density at radius 1 is 1.78 bits per heavy atom. The van der Waals surface area contributed by atoms with Crippen LogP contribution in [0.3, 0.4) is 0 Å². The number of rotatable bonds is 3. The van der Waals surface area contributed by atoms with E-state index in [2.05, 4.69) is 17.4 Å². The molecule has 0 saturated heterocycles. The molecule has 9 heavy (non-hydrogen) atoms. The van der Waals surface area contributed by atoms with E-state index in [1.165, 1.54) is 0 Å². The Bertz CT molecular complexity index is 91.1. The van der Waals surface area contributed by atoms with Gasteiger partial charge in [-0.2, -0.15) is 0 Å². The summed E-state index contributed by atoms with van der Waals surface area (Å²) < 4.78 is 4.53. The van der Waals surface area contributed by atoms with Crippen molar-refractivity contribution in [1.82, 2.24) is 0 Å². The Labute approximate surface area is 104 Å². The summed E-state index contributed by atoms with van der Waals surface area (Å²) in [6, 6.07) is 0. The molecule has 0 aromatic heterocycles. The zero-order valence-corrected chi connectivity index (χ0v) is 10.9. The first-order chi connectivity index (χ1) is 3.81. The van der Waals surface area contributed by atoms with Crippen LogP contribution in [0.25, 0.3) is 0 Å². The number of ether oxygens (including phenoxy) is 1. The van der Waals surface area contributed by atoms with Gasteiger partial charge in [0, 0.05) is 0 Å². The maximum absolute atomic E-state index is 10.2. The van der Waals surface area contributed by atoms with E-state index in [1.807, 2.05) is 6.92 Å². The molecular weight excluding hydrogens is 190 g/mol. The molecule has 0 aromatic carbocycles. The average Bonchev–Trinajstić information content (AvgIpc) is 1.83. The molecule has 46 valence electrons. The van der Waals surface area contributed by atoms with E-state index in [0.717, 1.165) is 6.42 Å². The normalized spacial score (nSPS) is 7.22. The molecule has 0 unspecified atom stereocenters. The van der Waals surface area contributed by atoms with E-state index >= 15 is 0 Å². The summed E-state index contributed by atoms with van der Waals surface area (Å²) in [6.07, 6.45) is 2.93. The van der Waals surface area contributed by atoms with Crippen molar-refractivity contribution in [3.63, 3.8) is 0 Å². The fourth-order valence-corrected chi connectivity index (χ4v) is 0.246. The van der Waals surface area contributed by atoms with Crippen LogP contribution in [0.2, 0.25) is 0 Å². The van der Waals surface area contributed by atoms with Crippen molar-refractivity contribution in [2.45, 2.75) is 13.3 Å². The third-order valence-corrected chi connectivity index (χ3v) is 0.582. The molecule has 0 rings (SSSR count). The Kier molecular flexibility index (Phi) is 12.7.